The van der Waals surface area contributed by atoms with Crippen LogP contribution in [-0.4, -0.2) is 25.9 Å². The first-order valence-corrected chi connectivity index (χ1v) is 11.1. The quantitative estimate of drug-likeness (QED) is 0.208. The summed E-state index contributed by atoms with van der Waals surface area (Å²) in [5.41, 5.74) is 0.142. The topological polar surface area (TPSA) is 133 Å². The average molecular weight is 512 g/mol. The summed E-state index contributed by atoms with van der Waals surface area (Å²) in [5, 5.41) is 22.3. The molecule has 3 aromatic carbocycles. The van der Waals surface area contributed by atoms with Crippen LogP contribution >= 0.6 is 23.4 Å². The summed E-state index contributed by atoms with van der Waals surface area (Å²) in [6.07, 6.45) is 1.51. The number of nitro groups is 2. The van der Waals surface area contributed by atoms with E-state index in [0.29, 0.717) is 16.1 Å². The fraction of sp³-hybridized carbons (Fsp3) is 0.0435. The molecule has 12 heteroatoms. The summed E-state index contributed by atoms with van der Waals surface area (Å²) >= 11 is 6.93. The molecule has 0 bridgehead atoms. The second-order valence-electron chi connectivity index (χ2n) is 7.20. The molecule has 1 fully saturated rings. The van der Waals surface area contributed by atoms with Gasteiger partial charge in [-0.3, -0.25) is 34.7 Å². The number of hydrogen-bond acceptors (Lipinski definition) is 8. The molecule has 1 heterocycles. The van der Waals surface area contributed by atoms with Gasteiger partial charge in [0.05, 0.1) is 27.4 Å². The minimum atomic E-state index is -0.777. The minimum absolute atomic E-state index is 0.0364. The Labute approximate surface area is 207 Å². The summed E-state index contributed by atoms with van der Waals surface area (Å²) < 4.78 is 5.59. The Morgan fingerprint density at radius 1 is 0.971 bits per heavy atom. The second-order valence-corrected chi connectivity index (χ2v) is 8.60. The standard InChI is InChI=1S/C23H14ClN3O7S/c24-18-7-2-1-5-15(18)13-25-22(28)21(35-23(25)29)11-14-4-3-6-17(10-14)34-20-9-8-16(26(30)31)12-19(20)27(32)33/h1-12H,13H2/b21-11+. The van der Waals surface area contributed by atoms with Gasteiger partial charge in [0, 0.05) is 11.1 Å². The molecule has 0 N–H and O–H groups in total. The van der Waals surface area contributed by atoms with Crippen molar-refractivity contribution >= 4 is 52.0 Å². The van der Waals surface area contributed by atoms with Crippen LogP contribution in [-0.2, 0) is 11.3 Å². The third-order valence-electron chi connectivity index (χ3n) is 4.89. The van der Waals surface area contributed by atoms with Gasteiger partial charge in [-0.2, -0.15) is 0 Å². The lowest BCUT2D eigenvalue weighted by atomic mass is 10.2. The number of hydrogen-bond donors (Lipinski definition) is 0. The molecule has 3 aromatic rings. The molecule has 0 unspecified atom stereocenters. The molecular formula is C23H14ClN3O7S. The van der Waals surface area contributed by atoms with E-state index in [-0.39, 0.29) is 22.9 Å². The van der Waals surface area contributed by atoms with Crippen molar-refractivity contribution in [2.24, 2.45) is 0 Å². The van der Waals surface area contributed by atoms with Crippen LogP contribution in [0.15, 0.2) is 71.6 Å². The smallest absolute Gasteiger partial charge is 0.318 e. The largest absolute Gasteiger partial charge is 0.450 e. The van der Waals surface area contributed by atoms with Gasteiger partial charge in [0.2, 0.25) is 5.75 Å². The van der Waals surface area contributed by atoms with Crippen molar-refractivity contribution in [3.8, 4) is 11.5 Å². The molecule has 0 saturated carbocycles. The van der Waals surface area contributed by atoms with E-state index in [0.717, 1.165) is 34.9 Å². The van der Waals surface area contributed by atoms with E-state index in [9.17, 15) is 29.8 Å². The van der Waals surface area contributed by atoms with Crippen LogP contribution in [0.3, 0.4) is 0 Å². The number of non-ortho nitro benzene ring substituents is 1. The molecule has 0 radical (unpaired) electrons. The molecular weight excluding hydrogens is 498 g/mol. The van der Waals surface area contributed by atoms with Crippen molar-refractivity contribution in [3.05, 3.63) is 108 Å². The lowest BCUT2D eigenvalue weighted by Crippen LogP contribution is -2.27. The Morgan fingerprint density at radius 2 is 1.74 bits per heavy atom. The number of halogens is 1. The summed E-state index contributed by atoms with van der Waals surface area (Å²) in [6.45, 7) is 0.0364. The van der Waals surface area contributed by atoms with E-state index in [2.05, 4.69) is 0 Å². The molecule has 4 rings (SSSR count). The van der Waals surface area contributed by atoms with Gasteiger partial charge < -0.3 is 4.74 Å². The monoisotopic (exact) mass is 511 g/mol. The predicted molar refractivity (Wildman–Crippen MR) is 129 cm³/mol. The van der Waals surface area contributed by atoms with Gasteiger partial charge in [-0.25, -0.2) is 0 Å². The maximum atomic E-state index is 12.8. The lowest BCUT2D eigenvalue weighted by molar-refractivity contribution is -0.394. The van der Waals surface area contributed by atoms with Gasteiger partial charge >= 0.3 is 5.69 Å². The van der Waals surface area contributed by atoms with Crippen molar-refractivity contribution in [1.82, 2.24) is 4.90 Å². The fourth-order valence-electron chi connectivity index (χ4n) is 3.23. The molecule has 10 nitrogen and oxygen atoms in total. The van der Waals surface area contributed by atoms with Gasteiger partial charge in [-0.05, 0) is 53.2 Å². The van der Waals surface area contributed by atoms with Crippen LogP contribution in [0.5, 0.6) is 11.5 Å². The van der Waals surface area contributed by atoms with E-state index in [1.165, 1.54) is 18.2 Å². The zero-order valence-electron chi connectivity index (χ0n) is 17.6. The fourth-order valence-corrected chi connectivity index (χ4v) is 4.26. The van der Waals surface area contributed by atoms with Crippen molar-refractivity contribution in [2.45, 2.75) is 6.54 Å². The van der Waals surface area contributed by atoms with Crippen LogP contribution in [0.4, 0.5) is 16.2 Å². The summed E-state index contributed by atoms with van der Waals surface area (Å²) in [5.74, 6) is -0.457. The molecule has 0 aliphatic carbocycles. The van der Waals surface area contributed by atoms with Gasteiger partial charge in [-0.15, -0.1) is 0 Å². The van der Waals surface area contributed by atoms with Crippen molar-refractivity contribution in [3.63, 3.8) is 0 Å². The molecule has 1 saturated heterocycles. The SMILES string of the molecule is O=C1S/C(=C/c2cccc(Oc3ccc([N+](=O)[O-])cc3[N+](=O)[O-])c2)C(=O)N1Cc1ccccc1Cl. The van der Waals surface area contributed by atoms with E-state index in [1.807, 2.05) is 0 Å². The molecule has 0 atom stereocenters. The number of ether oxygens (including phenoxy) is 1. The average Bonchev–Trinajstić information content (AvgIpc) is 3.08. The Morgan fingerprint density at radius 3 is 2.46 bits per heavy atom. The normalized spacial score (nSPS) is 14.4. The van der Waals surface area contributed by atoms with Crippen LogP contribution in [0.2, 0.25) is 5.02 Å². The molecule has 0 aromatic heterocycles. The van der Waals surface area contributed by atoms with Crippen molar-refractivity contribution in [2.75, 3.05) is 0 Å². The van der Waals surface area contributed by atoms with E-state index in [4.69, 9.17) is 16.3 Å². The molecule has 176 valence electrons. The minimum Gasteiger partial charge on any atom is -0.450 e. The molecule has 35 heavy (non-hydrogen) atoms. The lowest BCUT2D eigenvalue weighted by Gasteiger charge is -2.13. The van der Waals surface area contributed by atoms with Crippen LogP contribution in [0.25, 0.3) is 6.08 Å². The van der Waals surface area contributed by atoms with Crippen molar-refractivity contribution < 1.29 is 24.2 Å². The number of rotatable bonds is 7. The Kier molecular flexibility index (Phi) is 6.80. The first kappa shape index (κ1) is 23.9. The van der Waals surface area contributed by atoms with Gasteiger partial charge in [0.25, 0.3) is 16.8 Å². The highest BCUT2D eigenvalue weighted by molar-refractivity contribution is 8.18. The zero-order chi connectivity index (χ0) is 25.1. The number of carbonyl (C=O) groups excluding carboxylic acids is 2. The third kappa shape index (κ3) is 5.31. The van der Waals surface area contributed by atoms with E-state index < -0.39 is 32.4 Å². The first-order valence-electron chi connectivity index (χ1n) is 9.92. The van der Waals surface area contributed by atoms with Gasteiger partial charge in [0.15, 0.2) is 0 Å². The molecule has 0 spiro atoms. The number of carbonyl (C=O) groups is 2. The number of nitro benzene ring substituents is 2. The van der Waals surface area contributed by atoms with Crippen LogP contribution in [0.1, 0.15) is 11.1 Å². The summed E-state index contributed by atoms with van der Waals surface area (Å²) in [4.78, 5) is 47.3. The van der Waals surface area contributed by atoms with E-state index in [1.54, 1.807) is 36.4 Å². The molecule has 2 amide bonds. The van der Waals surface area contributed by atoms with Crippen molar-refractivity contribution in [1.29, 1.82) is 0 Å². The van der Waals surface area contributed by atoms with E-state index >= 15 is 0 Å². The number of thioether (sulfide) groups is 1. The maximum absolute atomic E-state index is 12.8. The highest BCUT2D eigenvalue weighted by Gasteiger charge is 2.35. The van der Waals surface area contributed by atoms with Crippen LogP contribution < -0.4 is 4.74 Å². The Balaban J connectivity index is 1.56. The predicted octanol–water partition coefficient (Wildman–Crippen LogP) is 6.19. The summed E-state index contributed by atoms with van der Waals surface area (Å²) in [6, 6.07) is 16.3. The highest BCUT2D eigenvalue weighted by Crippen LogP contribution is 2.36. The highest BCUT2D eigenvalue weighted by atomic mass is 35.5. The number of benzene rings is 3. The molecule has 1 aliphatic rings. The Hall–Kier alpha value is -4.22. The first-order chi connectivity index (χ1) is 16.7. The second kappa shape index (κ2) is 9.95. The number of nitrogens with zero attached hydrogens (tertiary/aromatic N) is 3. The van der Waals surface area contributed by atoms with Gasteiger partial charge in [0.1, 0.15) is 5.75 Å². The number of amides is 2. The third-order valence-corrected chi connectivity index (χ3v) is 6.17. The van der Waals surface area contributed by atoms with Gasteiger partial charge in [-0.1, -0.05) is 41.9 Å². The maximum Gasteiger partial charge on any atom is 0.318 e. The number of imide groups is 1. The van der Waals surface area contributed by atoms with Crippen LogP contribution in [0, 0.1) is 20.2 Å². The summed E-state index contributed by atoms with van der Waals surface area (Å²) in [7, 11) is 0. The Bertz CT molecular complexity index is 1410. The zero-order valence-corrected chi connectivity index (χ0v) is 19.2. The molecule has 1 aliphatic heterocycles.